The molecule has 7 heteroatoms. The van der Waals surface area contributed by atoms with Crippen molar-refractivity contribution in [1.29, 1.82) is 0 Å². The topological polar surface area (TPSA) is 72.3 Å². The lowest BCUT2D eigenvalue weighted by Crippen LogP contribution is -3.15. The minimum Gasteiger partial charge on any atom is -0.485 e. The predicted octanol–water partition coefficient (Wildman–Crippen LogP) is -0.130. The summed E-state index contributed by atoms with van der Waals surface area (Å²) in [7, 11) is 0. The first kappa shape index (κ1) is 19.3. The Bertz CT molecular complexity index is 850. The molecule has 1 atom stereocenters. The quantitative estimate of drug-likeness (QED) is 0.739. The van der Waals surface area contributed by atoms with Gasteiger partial charge < -0.3 is 24.6 Å². The summed E-state index contributed by atoms with van der Waals surface area (Å²) in [5.41, 5.74) is 1.09. The van der Waals surface area contributed by atoms with E-state index in [4.69, 9.17) is 9.47 Å². The highest BCUT2D eigenvalue weighted by Gasteiger charge is 2.33. The number of piperazine rings is 1. The molecule has 29 heavy (non-hydrogen) atoms. The van der Waals surface area contributed by atoms with Gasteiger partial charge >= 0.3 is 0 Å². The Labute approximate surface area is 170 Å². The highest BCUT2D eigenvalue weighted by atomic mass is 16.6. The van der Waals surface area contributed by atoms with E-state index in [-0.39, 0.29) is 18.4 Å². The maximum absolute atomic E-state index is 12.8. The molecule has 0 radical (unpaired) electrons. The molecule has 152 valence electrons. The number of para-hydroxylation sites is 2. The molecular weight excluding hydrogens is 370 g/mol. The Morgan fingerprint density at radius 1 is 1.00 bits per heavy atom. The van der Waals surface area contributed by atoms with Crippen molar-refractivity contribution in [2.24, 2.45) is 0 Å². The first-order chi connectivity index (χ1) is 14.2. The van der Waals surface area contributed by atoms with Gasteiger partial charge in [0.2, 0.25) is 6.10 Å². The van der Waals surface area contributed by atoms with Crippen molar-refractivity contribution in [1.82, 2.24) is 10.2 Å². The number of hydrogen-bond acceptors (Lipinski definition) is 4. The molecule has 0 saturated carbocycles. The number of fused-ring (bicyclic) bond motifs is 1. The van der Waals surface area contributed by atoms with Crippen LogP contribution in [0.3, 0.4) is 0 Å². The van der Waals surface area contributed by atoms with Crippen LogP contribution in [0.25, 0.3) is 0 Å². The lowest BCUT2D eigenvalue weighted by molar-refractivity contribution is -0.896. The smallest absolute Gasteiger partial charge is 0.275 e. The van der Waals surface area contributed by atoms with Gasteiger partial charge in [-0.05, 0) is 17.7 Å². The van der Waals surface area contributed by atoms with Crippen LogP contribution in [0.15, 0.2) is 54.6 Å². The van der Waals surface area contributed by atoms with E-state index in [2.05, 4.69) is 5.32 Å². The van der Waals surface area contributed by atoms with E-state index < -0.39 is 6.10 Å². The van der Waals surface area contributed by atoms with E-state index in [1.54, 1.807) is 0 Å². The van der Waals surface area contributed by atoms with Crippen LogP contribution < -0.4 is 19.7 Å². The van der Waals surface area contributed by atoms with Gasteiger partial charge in [-0.2, -0.15) is 0 Å². The van der Waals surface area contributed by atoms with Gasteiger partial charge in [0.1, 0.15) is 6.61 Å². The number of nitrogens with zero attached hydrogens (tertiary/aromatic N) is 1. The number of amides is 2. The molecule has 7 nitrogen and oxygen atoms in total. The van der Waals surface area contributed by atoms with E-state index in [0.29, 0.717) is 37.7 Å². The molecule has 0 aromatic heterocycles. The summed E-state index contributed by atoms with van der Waals surface area (Å²) in [5, 5.41) is 2.96. The van der Waals surface area contributed by atoms with Gasteiger partial charge in [-0.15, -0.1) is 0 Å². The van der Waals surface area contributed by atoms with Gasteiger partial charge in [0.15, 0.2) is 18.0 Å². The second-order valence-electron chi connectivity index (χ2n) is 7.38. The van der Waals surface area contributed by atoms with E-state index in [1.807, 2.05) is 59.5 Å². The van der Waals surface area contributed by atoms with Gasteiger partial charge in [0.05, 0.1) is 26.2 Å². The van der Waals surface area contributed by atoms with Crippen LogP contribution in [0.5, 0.6) is 11.5 Å². The largest absolute Gasteiger partial charge is 0.485 e. The summed E-state index contributed by atoms with van der Waals surface area (Å²) < 4.78 is 11.5. The molecule has 2 N–H and O–H groups in total. The summed E-state index contributed by atoms with van der Waals surface area (Å²) in [5.74, 6) is 1.26. The normalized spacial score (nSPS) is 18.9. The van der Waals surface area contributed by atoms with Crippen molar-refractivity contribution in [3.05, 3.63) is 60.2 Å². The van der Waals surface area contributed by atoms with Gasteiger partial charge in [0, 0.05) is 6.54 Å². The van der Waals surface area contributed by atoms with Crippen molar-refractivity contribution >= 4 is 11.8 Å². The molecule has 1 fully saturated rings. The van der Waals surface area contributed by atoms with E-state index in [1.165, 1.54) is 4.90 Å². The highest BCUT2D eigenvalue weighted by molar-refractivity contribution is 5.82. The summed E-state index contributed by atoms with van der Waals surface area (Å²) in [4.78, 5) is 28.0. The Balaban J connectivity index is 1.21. The number of benzene rings is 2. The number of nitrogens with one attached hydrogen (secondary N) is 2. The SMILES string of the molecule is O=C(C[NH+]1CCN(C(=O)[C@H]2COc3ccccc3O2)CC1)NCc1ccccc1. The Morgan fingerprint density at radius 3 is 2.45 bits per heavy atom. The second-order valence-corrected chi connectivity index (χ2v) is 7.38. The molecule has 1 saturated heterocycles. The number of ether oxygens (including phenoxy) is 2. The Hall–Kier alpha value is -3.06. The third kappa shape index (κ3) is 4.86. The van der Waals surface area contributed by atoms with Crippen LogP contribution in [-0.4, -0.2) is 62.1 Å². The van der Waals surface area contributed by atoms with Crippen molar-refractivity contribution < 1.29 is 24.0 Å². The number of hydrogen-bond donors (Lipinski definition) is 2. The summed E-state index contributed by atoms with van der Waals surface area (Å²) >= 11 is 0. The van der Waals surface area contributed by atoms with Crippen molar-refractivity contribution in [3.8, 4) is 11.5 Å². The highest BCUT2D eigenvalue weighted by Crippen LogP contribution is 2.31. The number of rotatable bonds is 5. The van der Waals surface area contributed by atoms with Crippen LogP contribution in [0.2, 0.25) is 0 Å². The average Bonchev–Trinajstić information content (AvgIpc) is 2.78. The minimum atomic E-state index is -0.611. The molecular formula is C22H26N3O4+. The monoisotopic (exact) mass is 396 g/mol. The molecule has 2 aliphatic heterocycles. The van der Waals surface area contributed by atoms with Crippen LogP contribution in [0.4, 0.5) is 0 Å². The van der Waals surface area contributed by atoms with Gasteiger partial charge in [-0.25, -0.2) is 0 Å². The van der Waals surface area contributed by atoms with E-state index in [9.17, 15) is 9.59 Å². The fraction of sp³-hybridized carbons (Fsp3) is 0.364. The van der Waals surface area contributed by atoms with E-state index >= 15 is 0 Å². The third-order valence-electron chi connectivity index (χ3n) is 5.31. The van der Waals surface area contributed by atoms with Crippen LogP contribution >= 0.6 is 0 Å². The van der Waals surface area contributed by atoms with E-state index in [0.717, 1.165) is 18.7 Å². The second kappa shape index (κ2) is 8.96. The van der Waals surface area contributed by atoms with Crippen molar-refractivity contribution in [2.45, 2.75) is 12.6 Å². The Morgan fingerprint density at radius 2 is 1.69 bits per heavy atom. The number of carbonyl (C=O) groups excluding carboxylic acids is 2. The van der Waals surface area contributed by atoms with Crippen LogP contribution in [0.1, 0.15) is 5.56 Å². The maximum atomic E-state index is 12.8. The van der Waals surface area contributed by atoms with Gasteiger partial charge in [-0.1, -0.05) is 42.5 Å². The molecule has 0 unspecified atom stereocenters. The minimum absolute atomic E-state index is 0.0317. The molecule has 0 aliphatic carbocycles. The molecule has 2 aromatic carbocycles. The first-order valence-corrected chi connectivity index (χ1v) is 10.0. The third-order valence-corrected chi connectivity index (χ3v) is 5.31. The average molecular weight is 396 g/mol. The lowest BCUT2D eigenvalue weighted by atomic mass is 10.2. The summed E-state index contributed by atoms with van der Waals surface area (Å²) in [6.45, 7) is 3.90. The zero-order chi connectivity index (χ0) is 20.1. The molecule has 2 aromatic rings. The fourth-order valence-electron chi connectivity index (χ4n) is 3.65. The molecule has 0 bridgehead atoms. The molecule has 2 amide bonds. The van der Waals surface area contributed by atoms with Crippen molar-refractivity contribution in [3.63, 3.8) is 0 Å². The summed E-state index contributed by atoms with van der Waals surface area (Å²) in [6, 6.07) is 17.2. The standard InChI is InChI=1S/C22H25N3O4/c26-21(23-14-17-6-2-1-3-7-17)15-24-10-12-25(13-11-24)22(27)20-16-28-18-8-4-5-9-19(18)29-20/h1-9,20H,10-16H2,(H,23,26)/p+1/t20-/m1/s1. The number of carbonyl (C=O) groups is 2. The predicted molar refractivity (Wildman–Crippen MR) is 107 cm³/mol. The fourth-order valence-corrected chi connectivity index (χ4v) is 3.65. The van der Waals surface area contributed by atoms with Gasteiger partial charge in [0.25, 0.3) is 11.8 Å². The lowest BCUT2D eigenvalue weighted by Gasteiger charge is -2.35. The molecule has 2 aliphatic rings. The zero-order valence-electron chi connectivity index (χ0n) is 16.3. The van der Waals surface area contributed by atoms with Crippen LogP contribution in [-0.2, 0) is 16.1 Å². The first-order valence-electron chi connectivity index (χ1n) is 10.0. The van der Waals surface area contributed by atoms with Crippen LogP contribution in [0, 0.1) is 0 Å². The van der Waals surface area contributed by atoms with Gasteiger partial charge in [-0.3, -0.25) is 9.59 Å². The molecule has 4 rings (SSSR count). The number of quaternary nitrogens is 1. The Kier molecular flexibility index (Phi) is 5.95. The summed E-state index contributed by atoms with van der Waals surface area (Å²) in [6.07, 6.45) is -0.611. The molecule has 2 heterocycles. The molecule has 0 spiro atoms. The maximum Gasteiger partial charge on any atom is 0.275 e. The van der Waals surface area contributed by atoms with Crippen molar-refractivity contribution in [2.75, 3.05) is 39.3 Å². The zero-order valence-corrected chi connectivity index (χ0v) is 16.3.